The summed E-state index contributed by atoms with van der Waals surface area (Å²) < 4.78 is 5.59. The zero-order valence-electron chi connectivity index (χ0n) is 12.5. The highest BCUT2D eigenvalue weighted by molar-refractivity contribution is 5.48. The molecule has 2 heterocycles. The predicted octanol–water partition coefficient (Wildman–Crippen LogP) is 2.95. The molecule has 1 unspecified atom stereocenters. The molecule has 0 aliphatic carbocycles. The van der Waals surface area contributed by atoms with Crippen LogP contribution in [0.15, 0.2) is 24.3 Å². The standard InChI is InChI=1S/C17H26N2O/c1-17(9-4-12-20-14-17)18-13-15-5-7-16(8-6-15)19-10-2-3-11-19/h5-8,18H,2-4,9-14H2,1H3. The predicted molar refractivity (Wildman–Crippen MR) is 83.2 cm³/mol. The molecule has 2 fully saturated rings. The van der Waals surface area contributed by atoms with Crippen LogP contribution in [0.1, 0.15) is 38.2 Å². The van der Waals surface area contributed by atoms with Crippen LogP contribution in [0, 0.1) is 0 Å². The molecule has 0 aromatic heterocycles. The lowest BCUT2D eigenvalue weighted by Gasteiger charge is -2.34. The van der Waals surface area contributed by atoms with Gasteiger partial charge in [-0.1, -0.05) is 12.1 Å². The number of nitrogens with one attached hydrogen (secondary N) is 1. The molecule has 0 bridgehead atoms. The van der Waals surface area contributed by atoms with E-state index >= 15 is 0 Å². The van der Waals surface area contributed by atoms with Crippen molar-refractivity contribution in [3.05, 3.63) is 29.8 Å². The molecule has 2 aliphatic heterocycles. The first-order chi connectivity index (χ1) is 9.75. The highest BCUT2D eigenvalue weighted by Crippen LogP contribution is 2.22. The summed E-state index contributed by atoms with van der Waals surface area (Å²) in [5.74, 6) is 0. The maximum absolute atomic E-state index is 5.59. The van der Waals surface area contributed by atoms with Gasteiger partial charge in [-0.05, 0) is 50.3 Å². The van der Waals surface area contributed by atoms with E-state index in [2.05, 4.69) is 41.4 Å². The smallest absolute Gasteiger partial charge is 0.0645 e. The van der Waals surface area contributed by atoms with Gasteiger partial charge in [0.2, 0.25) is 0 Å². The van der Waals surface area contributed by atoms with Crippen LogP contribution < -0.4 is 10.2 Å². The second kappa shape index (κ2) is 6.15. The van der Waals surface area contributed by atoms with E-state index < -0.39 is 0 Å². The second-order valence-electron chi connectivity index (χ2n) is 6.43. The number of anilines is 1. The van der Waals surface area contributed by atoms with Crippen LogP contribution in [0.2, 0.25) is 0 Å². The van der Waals surface area contributed by atoms with Crippen molar-refractivity contribution in [2.24, 2.45) is 0 Å². The third-order valence-electron chi connectivity index (χ3n) is 4.56. The lowest BCUT2D eigenvalue weighted by atomic mass is 9.94. The van der Waals surface area contributed by atoms with E-state index in [0.717, 1.165) is 26.2 Å². The van der Waals surface area contributed by atoms with Crippen molar-refractivity contribution in [2.45, 2.75) is 44.7 Å². The number of nitrogens with zero attached hydrogens (tertiary/aromatic N) is 1. The molecule has 3 nitrogen and oxygen atoms in total. The molecule has 1 aromatic rings. The molecule has 0 radical (unpaired) electrons. The summed E-state index contributed by atoms with van der Waals surface area (Å²) in [7, 11) is 0. The summed E-state index contributed by atoms with van der Waals surface area (Å²) >= 11 is 0. The fourth-order valence-electron chi connectivity index (χ4n) is 3.19. The zero-order chi connectivity index (χ0) is 13.8. The minimum Gasteiger partial charge on any atom is -0.380 e. The normalized spacial score (nSPS) is 26.9. The van der Waals surface area contributed by atoms with Crippen molar-refractivity contribution in [3.63, 3.8) is 0 Å². The summed E-state index contributed by atoms with van der Waals surface area (Å²) in [6, 6.07) is 9.05. The Kier molecular flexibility index (Phi) is 4.27. The highest BCUT2D eigenvalue weighted by Gasteiger charge is 2.26. The Bertz CT molecular complexity index is 417. The lowest BCUT2D eigenvalue weighted by molar-refractivity contribution is 0.0278. The molecule has 3 heteroatoms. The van der Waals surface area contributed by atoms with Crippen LogP contribution in [-0.4, -0.2) is 31.8 Å². The van der Waals surface area contributed by atoms with Crippen LogP contribution in [0.5, 0.6) is 0 Å². The van der Waals surface area contributed by atoms with Gasteiger partial charge in [-0.3, -0.25) is 0 Å². The maximum Gasteiger partial charge on any atom is 0.0645 e. The van der Waals surface area contributed by atoms with E-state index in [4.69, 9.17) is 4.74 Å². The Hall–Kier alpha value is -1.06. The molecule has 1 aromatic carbocycles. The molecule has 110 valence electrons. The van der Waals surface area contributed by atoms with E-state index in [0.29, 0.717) is 0 Å². The minimum atomic E-state index is 0.145. The molecule has 0 saturated carbocycles. The molecule has 1 N–H and O–H groups in total. The molecule has 20 heavy (non-hydrogen) atoms. The first-order valence-electron chi connectivity index (χ1n) is 7.92. The van der Waals surface area contributed by atoms with E-state index in [1.165, 1.54) is 43.6 Å². The highest BCUT2D eigenvalue weighted by atomic mass is 16.5. The van der Waals surface area contributed by atoms with Gasteiger partial charge < -0.3 is 15.0 Å². The zero-order valence-corrected chi connectivity index (χ0v) is 12.5. The SMILES string of the molecule is CC1(NCc2ccc(N3CCCC3)cc2)CCCOC1. The van der Waals surface area contributed by atoms with Crippen molar-refractivity contribution >= 4 is 5.69 Å². The number of hydrogen-bond donors (Lipinski definition) is 1. The largest absolute Gasteiger partial charge is 0.380 e. The van der Waals surface area contributed by atoms with E-state index in [1.807, 2.05) is 0 Å². The van der Waals surface area contributed by atoms with Gasteiger partial charge in [0.15, 0.2) is 0 Å². The molecule has 0 spiro atoms. The van der Waals surface area contributed by atoms with E-state index in [9.17, 15) is 0 Å². The number of rotatable bonds is 4. The molecule has 3 rings (SSSR count). The van der Waals surface area contributed by atoms with Crippen LogP contribution >= 0.6 is 0 Å². The van der Waals surface area contributed by atoms with Crippen molar-refractivity contribution < 1.29 is 4.74 Å². The Morgan fingerprint density at radius 3 is 2.55 bits per heavy atom. The van der Waals surface area contributed by atoms with Crippen molar-refractivity contribution in [1.29, 1.82) is 0 Å². The maximum atomic E-state index is 5.59. The lowest BCUT2D eigenvalue weighted by Crippen LogP contribution is -2.48. The third kappa shape index (κ3) is 3.33. The first kappa shape index (κ1) is 13.9. The summed E-state index contributed by atoms with van der Waals surface area (Å²) in [6.07, 6.45) is 5.04. The summed E-state index contributed by atoms with van der Waals surface area (Å²) in [5, 5.41) is 3.66. The number of ether oxygens (including phenoxy) is 1. The van der Waals surface area contributed by atoms with Gasteiger partial charge in [-0.2, -0.15) is 0 Å². The average molecular weight is 274 g/mol. The monoisotopic (exact) mass is 274 g/mol. The third-order valence-corrected chi connectivity index (χ3v) is 4.56. The molecule has 1 atom stereocenters. The minimum absolute atomic E-state index is 0.145. The molecular formula is C17H26N2O. The van der Waals surface area contributed by atoms with Crippen LogP contribution in [-0.2, 0) is 11.3 Å². The fourth-order valence-corrected chi connectivity index (χ4v) is 3.19. The van der Waals surface area contributed by atoms with Gasteiger partial charge in [0.1, 0.15) is 0 Å². The Morgan fingerprint density at radius 2 is 1.90 bits per heavy atom. The van der Waals surface area contributed by atoms with Crippen molar-refractivity contribution in [1.82, 2.24) is 5.32 Å². The van der Waals surface area contributed by atoms with Gasteiger partial charge in [0.25, 0.3) is 0 Å². The van der Waals surface area contributed by atoms with Gasteiger partial charge in [0, 0.05) is 37.5 Å². The number of benzene rings is 1. The second-order valence-corrected chi connectivity index (χ2v) is 6.43. The Morgan fingerprint density at radius 1 is 1.15 bits per heavy atom. The van der Waals surface area contributed by atoms with Crippen LogP contribution in [0.25, 0.3) is 0 Å². The fraction of sp³-hybridized carbons (Fsp3) is 0.647. The Labute approximate surface area is 122 Å². The quantitative estimate of drug-likeness (QED) is 0.913. The van der Waals surface area contributed by atoms with Crippen LogP contribution in [0.4, 0.5) is 5.69 Å². The summed E-state index contributed by atoms with van der Waals surface area (Å²) in [6.45, 7) is 7.38. The molecule has 2 saturated heterocycles. The van der Waals surface area contributed by atoms with Crippen LogP contribution in [0.3, 0.4) is 0 Å². The van der Waals surface area contributed by atoms with Gasteiger partial charge >= 0.3 is 0 Å². The molecule has 2 aliphatic rings. The van der Waals surface area contributed by atoms with E-state index in [-0.39, 0.29) is 5.54 Å². The number of hydrogen-bond acceptors (Lipinski definition) is 3. The first-order valence-corrected chi connectivity index (χ1v) is 7.92. The van der Waals surface area contributed by atoms with Crippen molar-refractivity contribution in [3.8, 4) is 0 Å². The molecular weight excluding hydrogens is 248 g/mol. The average Bonchev–Trinajstić information content (AvgIpc) is 3.01. The Balaban J connectivity index is 1.55. The van der Waals surface area contributed by atoms with Gasteiger partial charge in [0.05, 0.1) is 6.61 Å². The summed E-state index contributed by atoms with van der Waals surface area (Å²) in [4.78, 5) is 2.48. The summed E-state index contributed by atoms with van der Waals surface area (Å²) in [5.41, 5.74) is 2.88. The van der Waals surface area contributed by atoms with E-state index in [1.54, 1.807) is 0 Å². The van der Waals surface area contributed by atoms with Gasteiger partial charge in [-0.15, -0.1) is 0 Å². The van der Waals surface area contributed by atoms with Gasteiger partial charge in [-0.25, -0.2) is 0 Å². The topological polar surface area (TPSA) is 24.5 Å². The van der Waals surface area contributed by atoms with Crippen molar-refractivity contribution in [2.75, 3.05) is 31.2 Å². The molecule has 0 amide bonds.